The zero-order valence-electron chi connectivity index (χ0n) is 9.28. The number of hydrogen-bond acceptors (Lipinski definition) is 2. The summed E-state index contributed by atoms with van der Waals surface area (Å²) in [6.07, 6.45) is 5.15. The molecule has 0 bridgehead atoms. The molecule has 3 nitrogen and oxygen atoms in total. The molecule has 4 heteroatoms. The number of aliphatic hydroxyl groups is 1. The van der Waals surface area contributed by atoms with Gasteiger partial charge in [0, 0.05) is 10.5 Å². The zero-order chi connectivity index (χ0) is 11.9. The second kappa shape index (κ2) is 3.86. The fourth-order valence-corrected chi connectivity index (χ4v) is 2.35. The van der Waals surface area contributed by atoms with Gasteiger partial charge in [0.2, 0.25) is 0 Å². The van der Waals surface area contributed by atoms with Crippen molar-refractivity contribution in [3.63, 3.8) is 0 Å². The molecule has 0 aliphatic heterocycles. The Balaban J connectivity index is 2.30. The minimum Gasteiger partial charge on any atom is -0.390 e. The van der Waals surface area contributed by atoms with E-state index in [0.29, 0.717) is 6.04 Å². The first-order valence-electron chi connectivity index (χ1n) is 5.19. The van der Waals surface area contributed by atoms with Gasteiger partial charge in [-0.25, -0.2) is 4.98 Å². The molecular formula is C12H15BrN2O. The highest BCUT2D eigenvalue weighted by Crippen LogP contribution is 2.39. The third-order valence-electron chi connectivity index (χ3n) is 2.97. The van der Waals surface area contributed by atoms with E-state index in [-0.39, 0.29) is 0 Å². The highest BCUT2D eigenvalue weighted by atomic mass is 79.9. The van der Waals surface area contributed by atoms with Gasteiger partial charge >= 0.3 is 0 Å². The highest BCUT2D eigenvalue weighted by molar-refractivity contribution is 9.12. The predicted octanol–water partition coefficient (Wildman–Crippen LogP) is 1.07. The summed E-state index contributed by atoms with van der Waals surface area (Å²) in [5.74, 6) is 0. The Labute approximate surface area is 103 Å². The Morgan fingerprint density at radius 3 is 2.88 bits per heavy atom. The third-order valence-corrected chi connectivity index (χ3v) is 3.19. The number of aromatic nitrogens is 2. The van der Waals surface area contributed by atoms with Crippen LogP contribution in [0.4, 0.5) is 0 Å². The SMILES string of the molecule is C=C(Br)/C=c1/ncn(C2CC(C)(O)C2)c1=C. The van der Waals surface area contributed by atoms with E-state index in [0.717, 1.165) is 28.0 Å². The molecule has 0 spiro atoms. The summed E-state index contributed by atoms with van der Waals surface area (Å²) in [5.41, 5.74) is -0.524. The number of halogens is 1. The smallest absolute Gasteiger partial charge is 0.0960 e. The highest BCUT2D eigenvalue weighted by Gasteiger charge is 2.39. The molecule has 1 aromatic rings. The van der Waals surface area contributed by atoms with Crippen molar-refractivity contribution < 1.29 is 5.11 Å². The van der Waals surface area contributed by atoms with Crippen molar-refractivity contribution in [3.05, 3.63) is 28.1 Å². The van der Waals surface area contributed by atoms with Gasteiger partial charge in [-0.3, -0.25) is 0 Å². The van der Waals surface area contributed by atoms with E-state index in [1.807, 2.05) is 17.6 Å². The molecular weight excluding hydrogens is 268 g/mol. The van der Waals surface area contributed by atoms with E-state index in [2.05, 4.69) is 34.1 Å². The van der Waals surface area contributed by atoms with Crippen molar-refractivity contribution in [2.45, 2.75) is 31.4 Å². The maximum Gasteiger partial charge on any atom is 0.0960 e. The van der Waals surface area contributed by atoms with Gasteiger partial charge in [-0.2, -0.15) is 0 Å². The van der Waals surface area contributed by atoms with E-state index in [1.165, 1.54) is 0 Å². The zero-order valence-corrected chi connectivity index (χ0v) is 10.9. The van der Waals surface area contributed by atoms with Gasteiger partial charge in [0.25, 0.3) is 0 Å². The van der Waals surface area contributed by atoms with Crippen molar-refractivity contribution >= 4 is 28.6 Å². The van der Waals surface area contributed by atoms with Crippen LogP contribution in [-0.4, -0.2) is 20.3 Å². The Kier molecular flexibility index (Phi) is 2.80. The molecule has 1 aliphatic carbocycles. The molecule has 86 valence electrons. The van der Waals surface area contributed by atoms with Crippen molar-refractivity contribution in [2.75, 3.05) is 0 Å². The van der Waals surface area contributed by atoms with Gasteiger partial charge in [-0.1, -0.05) is 29.1 Å². The van der Waals surface area contributed by atoms with Crippen LogP contribution in [0.5, 0.6) is 0 Å². The number of allylic oxidation sites excluding steroid dienone is 1. The van der Waals surface area contributed by atoms with E-state index >= 15 is 0 Å². The summed E-state index contributed by atoms with van der Waals surface area (Å²) in [4.78, 5) is 4.28. The number of rotatable bonds is 2. The Bertz CT molecular complexity index is 522. The normalized spacial score (nSPS) is 30.2. The largest absolute Gasteiger partial charge is 0.390 e. The molecule has 16 heavy (non-hydrogen) atoms. The fraction of sp³-hybridized carbons (Fsp3) is 0.417. The second-order valence-corrected chi connectivity index (χ2v) is 5.65. The van der Waals surface area contributed by atoms with Gasteiger partial charge in [0.1, 0.15) is 0 Å². The first-order chi connectivity index (χ1) is 7.39. The van der Waals surface area contributed by atoms with Crippen molar-refractivity contribution in [1.29, 1.82) is 0 Å². The van der Waals surface area contributed by atoms with Crippen LogP contribution in [0.3, 0.4) is 0 Å². The molecule has 1 aromatic heterocycles. The Morgan fingerprint density at radius 1 is 1.75 bits per heavy atom. The average Bonchev–Trinajstić information content (AvgIpc) is 2.43. The van der Waals surface area contributed by atoms with Crippen LogP contribution in [-0.2, 0) is 0 Å². The van der Waals surface area contributed by atoms with Gasteiger partial charge in [0.05, 0.1) is 22.6 Å². The maximum absolute atomic E-state index is 9.70. The van der Waals surface area contributed by atoms with Gasteiger partial charge < -0.3 is 9.67 Å². The standard InChI is InChI=1S/C12H15BrN2O/c1-8(13)4-11-9(2)15(7-14-11)10-5-12(3,16)6-10/h4,7,10,16H,1-2,5-6H2,3H3/b11-4+. The summed E-state index contributed by atoms with van der Waals surface area (Å²) in [7, 11) is 0. The van der Waals surface area contributed by atoms with Crippen LogP contribution in [0.1, 0.15) is 25.8 Å². The minimum absolute atomic E-state index is 0.320. The third kappa shape index (κ3) is 2.13. The molecule has 1 N–H and O–H groups in total. The first-order valence-corrected chi connectivity index (χ1v) is 5.99. The van der Waals surface area contributed by atoms with Gasteiger partial charge in [-0.15, -0.1) is 0 Å². The van der Waals surface area contributed by atoms with E-state index in [9.17, 15) is 5.11 Å². The molecule has 1 heterocycles. The Morgan fingerprint density at radius 2 is 2.38 bits per heavy atom. The fourth-order valence-electron chi connectivity index (χ4n) is 2.14. The summed E-state index contributed by atoms with van der Waals surface area (Å²) in [6, 6.07) is 0.320. The number of nitrogens with zero attached hydrogens (tertiary/aromatic N) is 2. The van der Waals surface area contributed by atoms with Crippen LogP contribution < -0.4 is 10.7 Å². The summed E-state index contributed by atoms with van der Waals surface area (Å²) in [5, 5.41) is 11.4. The lowest BCUT2D eigenvalue weighted by Gasteiger charge is -2.41. The molecule has 1 saturated carbocycles. The van der Waals surface area contributed by atoms with E-state index in [1.54, 1.807) is 6.33 Å². The summed E-state index contributed by atoms with van der Waals surface area (Å²) in [6.45, 7) is 9.61. The molecule has 0 atom stereocenters. The van der Waals surface area contributed by atoms with Crippen LogP contribution in [0.2, 0.25) is 0 Å². The Hall–Kier alpha value is -0.870. The lowest BCUT2D eigenvalue weighted by Crippen LogP contribution is -2.45. The van der Waals surface area contributed by atoms with Crippen LogP contribution in [0, 0.1) is 0 Å². The number of imidazole rings is 1. The molecule has 0 radical (unpaired) electrons. The summed E-state index contributed by atoms with van der Waals surface area (Å²) >= 11 is 3.27. The predicted molar refractivity (Wildman–Crippen MR) is 68.4 cm³/mol. The molecule has 0 amide bonds. The topological polar surface area (TPSA) is 38.0 Å². The number of hydrogen-bond donors (Lipinski definition) is 1. The molecule has 1 aliphatic rings. The van der Waals surface area contributed by atoms with Gasteiger partial charge in [-0.05, 0) is 25.8 Å². The first kappa shape index (κ1) is 11.6. The molecule has 2 rings (SSSR count). The maximum atomic E-state index is 9.70. The molecule has 1 fully saturated rings. The van der Waals surface area contributed by atoms with E-state index < -0.39 is 5.60 Å². The van der Waals surface area contributed by atoms with Crippen molar-refractivity contribution in [3.8, 4) is 0 Å². The lowest BCUT2D eigenvalue weighted by molar-refractivity contribution is -0.0516. The van der Waals surface area contributed by atoms with Crippen LogP contribution in [0.25, 0.3) is 12.7 Å². The second-order valence-electron chi connectivity index (χ2n) is 4.63. The molecule has 0 aromatic carbocycles. The molecule has 0 saturated heterocycles. The quantitative estimate of drug-likeness (QED) is 0.881. The minimum atomic E-state index is -0.524. The van der Waals surface area contributed by atoms with Gasteiger partial charge in [0.15, 0.2) is 0 Å². The van der Waals surface area contributed by atoms with Crippen molar-refractivity contribution in [2.24, 2.45) is 0 Å². The average molecular weight is 283 g/mol. The summed E-state index contributed by atoms with van der Waals surface area (Å²) < 4.78 is 2.81. The van der Waals surface area contributed by atoms with Crippen molar-refractivity contribution in [1.82, 2.24) is 9.55 Å². The van der Waals surface area contributed by atoms with Crippen LogP contribution >= 0.6 is 15.9 Å². The lowest BCUT2D eigenvalue weighted by atomic mass is 9.77. The monoisotopic (exact) mass is 282 g/mol. The van der Waals surface area contributed by atoms with E-state index in [4.69, 9.17) is 0 Å². The molecule has 0 unspecified atom stereocenters. The van der Waals surface area contributed by atoms with Crippen LogP contribution in [0.15, 0.2) is 17.4 Å².